The number of methoxy groups -OCH3 is 1. The van der Waals surface area contributed by atoms with Gasteiger partial charge >= 0.3 is 5.97 Å². The van der Waals surface area contributed by atoms with Gasteiger partial charge in [-0.1, -0.05) is 0 Å². The smallest absolute Gasteiger partial charge is 0.335 e. The van der Waals surface area contributed by atoms with Gasteiger partial charge in [0.05, 0.1) is 37.6 Å². The Morgan fingerprint density at radius 1 is 1.11 bits per heavy atom. The molecule has 3 N–H and O–H groups in total. The molecule has 196 valence electrons. The summed E-state index contributed by atoms with van der Waals surface area (Å²) in [5.41, 5.74) is 1.87. The molecule has 1 aliphatic carbocycles. The van der Waals surface area contributed by atoms with Gasteiger partial charge in [-0.05, 0) is 74.9 Å². The summed E-state index contributed by atoms with van der Waals surface area (Å²) >= 11 is 0. The number of aromatic carboxylic acids is 1. The van der Waals surface area contributed by atoms with Crippen LogP contribution in [-0.4, -0.2) is 47.8 Å². The van der Waals surface area contributed by atoms with Crippen molar-refractivity contribution in [2.45, 2.75) is 56.3 Å². The molecule has 5 rings (SSSR count). The third-order valence-electron chi connectivity index (χ3n) is 7.25. The summed E-state index contributed by atoms with van der Waals surface area (Å²) < 4.78 is 23.5. The SMILES string of the molecule is COc1cc(NC2(NC3(CCOc4ccc(C(=O)O)cc4)CCC3)CCCCO2)ccc1-c1cnco1. The molecule has 0 radical (unpaired) electrons. The molecule has 1 saturated carbocycles. The van der Waals surface area contributed by atoms with Gasteiger partial charge in [-0.3, -0.25) is 5.32 Å². The normalized spacial score (nSPS) is 20.6. The Morgan fingerprint density at radius 2 is 1.95 bits per heavy atom. The first-order chi connectivity index (χ1) is 18.0. The number of rotatable bonds is 11. The number of carbonyl (C=O) groups is 1. The van der Waals surface area contributed by atoms with E-state index in [0.29, 0.717) is 30.5 Å². The maximum Gasteiger partial charge on any atom is 0.335 e. The Balaban J connectivity index is 1.28. The summed E-state index contributed by atoms with van der Waals surface area (Å²) in [6.07, 6.45) is 10.0. The molecule has 3 aromatic rings. The first-order valence-corrected chi connectivity index (χ1v) is 12.7. The molecule has 1 saturated heterocycles. The van der Waals surface area contributed by atoms with Crippen LogP contribution in [0.5, 0.6) is 11.5 Å². The Bertz CT molecular complexity index is 1190. The molecule has 2 heterocycles. The van der Waals surface area contributed by atoms with Gasteiger partial charge in [-0.25, -0.2) is 9.78 Å². The molecule has 0 amide bonds. The average Bonchev–Trinajstić information content (AvgIpc) is 3.43. The van der Waals surface area contributed by atoms with Crippen LogP contribution >= 0.6 is 0 Å². The number of ether oxygens (including phenoxy) is 3. The van der Waals surface area contributed by atoms with E-state index in [1.165, 1.54) is 6.39 Å². The lowest BCUT2D eigenvalue weighted by Gasteiger charge is -2.51. The van der Waals surface area contributed by atoms with Crippen LogP contribution in [0.2, 0.25) is 0 Å². The van der Waals surface area contributed by atoms with Crippen LogP contribution in [0.1, 0.15) is 55.3 Å². The van der Waals surface area contributed by atoms with E-state index in [-0.39, 0.29) is 11.1 Å². The van der Waals surface area contributed by atoms with Crippen LogP contribution in [0.4, 0.5) is 5.69 Å². The van der Waals surface area contributed by atoms with E-state index in [0.717, 1.165) is 56.2 Å². The van der Waals surface area contributed by atoms with Crippen LogP contribution in [0.3, 0.4) is 0 Å². The molecule has 37 heavy (non-hydrogen) atoms. The predicted octanol–water partition coefficient (Wildman–Crippen LogP) is 5.30. The second kappa shape index (κ2) is 10.8. The van der Waals surface area contributed by atoms with Crippen molar-refractivity contribution in [3.63, 3.8) is 0 Å². The number of aromatic nitrogens is 1. The second-order valence-corrected chi connectivity index (χ2v) is 9.73. The molecule has 9 heteroatoms. The highest BCUT2D eigenvalue weighted by Crippen LogP contribution is 2.40. The Labute approximate surface area is 216 Å². The minimum Gasteiger partial charge on any atom is -0.496 e. The Morgan fingerprint density at radius 3 is 2.57 bits per heavy atom. The zero-order valence-corrected chi connectivity index (χ0v) is 21.0. The van der Waals surface area contributed by atoms with Crippen molar-refractivity contribution < 1.29 is 28.5 Å². The first-order valence-electron chi connectivity index (χ1n) is 12.7. The molecule has 2 aliphatic rings. The maximum absolute atomic E-state index is 11.1. The molecule has 0 spiro atoms. The van der Waals surface area contributed by atoms with Crippen molar-refractivity contribution >= 4 is 11.7 Å². The van der Waals surface area contributed by atoms with Crippen LogP contribution in [-0.2, 0) is 4.74 Å². The number of carboxylic acids is 1. The van der Waals surface area contributed by atoms with Crippen LogP contribution in [0.15, 0.2) is 59.5 Å². The fraction of sp³-hybridized carbons (Fsp3) is 0.429. The summed E-state index contributed by atoms with van der Waals surface area (Å²) in [5, 5.41) is 16.6. The average molecular weight is 508 g/mol. The van der Waals surface area contributed by atoms with E-state index in [1.807, 2.05) is 18.2 Å². The van der Waals surface area contributed by atoms with Gasteiger partial charge in [-0.2, -0.15) is 0 Å². The molecule has 1 unspecified atom stereocenters. The number of anilines is 1. The monoisotopic (exact) mass is 507 g/mol. The third-order valence-corrected chi connectivity index (χ3v) is 7.25. The lowest BCUT2D eigenvalue weighted by Crippen LogP contribution is -2.67. The van der Waals surface area contributed by atoms with E-state index in [2.05, 4.69) is 15.6 Å². The number of oxazole rings is 1. The minimum atomic E-state index is -0.945. The van der Waals surface area contributed by atoms with E-state index in [1.54, 1.807) is 37.6 Å². The number of benzene rings is 2. The first kappa shape index (κ1) is 25.1. The summed E-state index contributed by atoms with van der Waals surface area (Å²) in [5.74, 6) is 0.366. The number of nitrogens with one attached hydrogen (secondary N) is 2. The number of hydrogen-bond donors (Lipinski definition) is 3. The zero-order chi connectivity index (χ0) is 25.7. The highest BCUT2D eigenvalue weighted by Gasteiger charge is 2.45. The largest absolute Gasteiger partial charge is 0.496 e. The van der Waals surface area contributed by atoms with Gasteiger partial charge in [0.2, 0.25) is 0 Å². The van der Waals surface area contributed by atoms with E-state index >= 15 is 0 Å². The molecule has 1 atom stereocenters. The van der Waals surface area contributed by atoms with Crippen LogP contribution < -0.4 is 20.1 Å². The third kappa shape index (κ3) is 5.73. The minimum absolute atomic E-state index is 0.102. The number of nitrogens with zero attached hydrogens (tertiary/aromatic N) is 1. The zero-order valence-electron chi connectivity index (χ0n) is 21.0. The van der Waals surface area contributed by atoms with Gasteiger partial charge < -0.3 is 29.1 Å². The number of hydrogen-bond acceptors (Lipinski definition) is 8. The molecule has 0 bridgehead atoms. The van der Waals surface area contributed by atoms with E-state index in [9.17, 15) is 4.79 Å². The summed E-state index contributed by atoms with van der Waals surface area (Å²) in [6.45, 7) is 1.20. The molecular weight excluding hydrogens is 474 g/mol. The van der Waals surface area contributed by atoms with Gasteiger partial charge in [0, 0.05) is 23.7 Å². The molecule has 9 nitrogen and oxygen atoms in total. The standard InChI is InChI=1S/C28H33N3O6/c1-34-24-17-21(7-10-23(24)25-18-29-19-36-25)30-28(13-2-3-15-37-28)31-27(11-4-12-27)14-16-35-22-8-5-20(6-9-22)26(32)33/h5-10,17-19,30-31H,2-4,11-16H2,1H3,(H,32,33). The predicted molar refractivity (Wildman–Crippen MR) is 138 cm³/mol. The highest BCUT2D eigenvalue weighted by atomic mass is 16.5. The Hall–Kier alpha value is -3.56. The topological polar surface area (TPSA) is 115 Å². The Kier molecular flexibility index (Phi) is 7.34. The quantitative estimate of drug-likeness (QED) is 0.298. The maximum atomic E-state index is 11.1. The van der Waals surface area contributed by atoms with Crippen LogP contribution in [0.25, 0.3) is 11.3 Å². The molecule has 1 aliphatic heterocycles. The van der Waals surface area contributed by atoms with Crippen molar-refractivity contribution in [3.05, 3.63) is 60.6 Å². The summed E-state index contributed by atoms with van der Waals surface area (Å²) in [7, 11) is 1.64. The van der Waals surface area contributed by atoms with E-state index < -0.39 is 11.8 Å². The number of carboxylic acid groups (broad SMARTS) is 1. The molecular formula is C28H33N3O6. The fourth-order valence-corrected chi connectivity index (χ4v) is 5.10. The van der Waals surface area contributed by atoms with Crippen molar-refractivity contribution in [2.24, 2.45) is 0 Å². The summed E-state index contributed by atoms with van der Waals surface area (Å²) in [6, 6.07) is 12.4. The van der Waals surface area contributed by atoms with Crippen LogP contribution in [0, 0.1) is 0 Å². The van der Waals surface area contributed by atoms with Crippen molar-refractivity contribution in [3.8, 4) is 22.8 Å². The highest BCUT2D eigenvalue weighted by molar-refractivity contribution is 5.87. The van der Waals surface area contributed by atoms with E-state index in [4.69, 9.17) is 23.7 Å². The van der Waals surface area contributed by atoms with Gasteiger partial charge in [0.1, 0.15) is 11.5 Å². The molecule has 1 aromatic heterocycles. The second-order valence-electron chi connectivity index (χ2n) is 9.73. The lowest BCUT2D eigenvalue weighted by atomic mass is 9.74. The fourth-order valence-electron chi connectivity index (χ4n) is 5.10. The van der Waals surface area contributed by atoms with Gasteiger partial charge in [0.15, 0.2) is 18.0 Å². The lowest BCUT2D eigenvalue weighted by molar-refractivity contribution is -0.111. The van der Waals surface area contributed by atoms with Crippen molar-refractivity contribution in [1.29, 1.82) is 0 Å². The van der Waals surface area contributed by atoms with Gasteiger partial charge in [0.25, 0.3) is 0 Å². The molecule has 2 aromatic carbocycles. The van der Waals surface area contributed by atoms with Crippen molar-refractivity contribution in [2.75, 3.05) is 25.6 Å². The van der Waals surface area contributed by atoms with Gasteiger partial charge in [-0.15, -0.1) is 0 Å². The van der Waals surface area contributed by atoms with Crippen molar-refractivity contribution in [1.82, 2.24) is 10.3 Å². The summed E-state index contributed by atoms with van der Waals surface area (Å²) in [4.78, 5) is 15.1. The molecule has 2 fully saturated rings.